The third kappa shape index (κ3) is 2.19. The van der Waals surface area contributed by atoms with E-state index in [9.17, 15) is 4.79 Å². The molecule has 0 aliphatic heterocycles. The summed E-state index contributed by atoms with van der Waals surface area (Å²) in [7, 11) is 0. The quantitative estimate of drug-likeness (QED) is 0.473. The maximum atomic E-state index is 10.1. The molecular formula is C9H11NO3. The van der Waals surface area contributed by atoms with E-state index in [0.29, 0.717) is 11.8 Å². The van der Waals surface area contributed by atoms with Gasteiger partial charge in [-0.05, 0) is 17.7 Å². The van der Waals surface area contributed by atoms with Crippen LogP contribution in [0.4, 0.5) is 0 Å². The van der Waals surface area contributed by atoms with Crippen molar-refractivity contribution in [2.24, 2.45) is 5.73 Å². The zero-order chi connectivity index (χ0) is 9.84. The number of carbonyl (C=O) groups is 1. The average Bonchev–Trinajstić information content (AvgIpc) is 2.10. The van der Waals surface area contributed by atoms with Gasteiger partial charge in [0.05, 0.1) is 0 Å². The second-order valence-electron chi connectivity index (χ2n) is 2.76. The van der Waals surface area contributed by atoms with E-state index < -0.39 is 6.04 Å². The smallest absolute Gasteiger partial charge is 0.157 e. The van der Waals surface area contributed by atoms with Crippen molar-refractivity contribution in [2.45, 2.75) is 12.5 Å². The molecule has 1 atom stereocenters. The first-order valence-corrected chi connectivity index (χ1v) is 3.86. The highest BCUT2D eigenvalue weighted by Gasteiger charge is 2.07. The number of aromatic hydroxyl groups is 2. The van der Waals surface area contributed by atoms with Gasteiger partial charge in [-0.2, -0.15) is 0 Å². The zero-order valence-corrected chi connectivity index (χ0v) is 6.97. The van der Waals surface area contributed by atoms with E-state index in [2.05, 4.69) is 0 Å². The van der Waals surface area contributed by atoms with Gasteiger partial charge in [0.1, 0.15) is 6.29 Å². The number of nitrogens with two attached hydrogens (primary N) is 1. The highest BCUT2D eigenvalue weighted by Crippen LogP contribution is 2.27. The summed E-state index contributed by atoms with van der Waals surface area (Å²) >= 11 is 0. The van der Waals surface area contributed by atoms with Gasteiger partial charge in [-0.3, -0.25) is 0 Å². The van der Waals surface area contributed by atoms with Crippen LogP contribution in [0.25, 0.3) is 0 Å². The van der Waals surface area contributed by atoms with Gasteiger partial charge in [-0.15, -0.1) is 0 Å². The number of hydrogen-bond acceptors (Lipinski definition) is 4. The first-order chi connectivity index (χ1) is 6.15. The van der Waals surface area contributed by atoms with Crippen molar-refractivity contribution in [3.63, 3.8) is 0 Å². The Kier molecular flexibility index (Phi) is 2.87. The predicted molar refractivity (Wildman–Crippen MR) is 47.4 cm³/mol. The van der Waals surface area contributed by atoms with Gasteiger partial charge in [-0.1, -0.05) is 6.07 Å². The van der Waals surface area contributed by atoms with E-state index in [0.717, 1.165) is 0 Å². The molecular weight excluding hydrogens is 170 g/mol. The summed E-state index contributed by atoms with van der Waals surface area (Å²) in [4.78, 5) is 10.1. The van der Waals surface area contributed by atoms with Crippen molar-refractivity contribution in [1.82, 2.24) is 0 Å². The van der Waals surface area contributed by atoms with Gasteiger partial charge in [-0.25, -0.2) is 0 Å². The van der Waals surface area contributed by atoms with Gasteiger partial charge in [0, 0.05) is 12.5 Å². The molecule has 0 aliphatic rings. The van der Waals surface area contributed by atoms with Gasteiger partial charge < -0.3 is 20.7 Å². The highest BCUT2D eigenvalue weighted by atomic mass is 16.3. The van der Waals surface area contributed by atoms with Crippen LogP contribution < -0.4 is 5.73 Å². The number of phenols is 2. The molecule has 0 saturated heterocycles. The molecule has 0 aliphatic carbocycles. The van der Waals surface area contributed by atoms with Crippen LogP contribution in [-0.4, -0.2) is 16.5 Å². The molecule has 4 N–H and O–H groups in total. The van der Waals surface area contributed by atoms with Crippen molar-refractivity contribution in [3.05, 3.63) is 23.8 Å². The Balaban J connectivity index is 2.89. The van der Waals surface area contributed by atoms with E-state index in [1.807, 2.05) is 0 Å². The maximum Gasteiger partial charge on any atom is 0.157 e. The SMILES string of the molecule is NC(CC=O)c1ccc(O)c(O)c1. The Morgan fingerprint density at radius 1 is 1.38 bits per heavy atom. The molecule has 0 amide bonds. The molecule has 0 saturated carbocycles. The summed E-state index contributed by atoms with van der Waals surface area (Å²) < 4.78 is 0. The van der Waals surface area contributed by atoms with Crippen LogP contribution in [0.15, 0.2) is 18.2 Å². The lowest BCUT2D eigenvalue weighted by atomic mass is 10.1. The van der Waals surface area contributed by atoms with E-state index in [1.54, 1.807) is 6.07 Å². The fourth-order valence-electron chi connectivity index (χ4n) is 1.01. The minimum absolute atomic E-state index is 0.193. The van der Waals surface area contributed by atoms with E-state index in [-0.39, 0.29) is 17.9 Å². The normalized spacial score (nSPS) is 12.4. The Morgan fingerprint density at radius 2 is 2.08 bits per heavy atom. The van der Waals surface area contributed by atoms with Crippen LogP contribution in [0.3, 0.4) is 0 Å². The summed E-state index contributed by atoms with van der Waals surface area (Å²) in [6.07, 6.45) is 0.915. The molecule has 1 unspecified atom stereocenters. The highest BCUT2D eigenvalue weighted by molar-refractivity contribution is 5.52. The Bertz CT molecular complexity index is 312. The lowest BCUT2D eigenvalue weighted by Crippen LogP contribution is -2.10. The Labute approximate surface area is 75.6 Å². The number of rotatable bonds is 3. The van der Waals surface area contributed by atoms with E-state index in [1.165, 1.54) is 12.1 Å². The number of benzene rings is 1. The van der Waals surface area contributed by atoms with Gasteiger partial charge in [0.15, 0.2) is 11.5 Å². The topological polar surface area (TPSA) is 83.6 Å². The van der Waals surface area contributed by atoms with Crippen molar-refractivity contribution >= 4 is 6.29 Å². The largest absolute Gasteiger partial charge is 0.504 e. The molecule has 0 heterocycles. The lowest BCUT2D eigenvalue weighted by molar-refractivity contribution is -0.108. The van der Waals surface area contributed by atoms with Gasteiger partial charge in [0.2, 0.25) is 0 Å². The number of aldehydes is 1. The fraction of sp³-hybridized carbons (Fsp3) is 0.222. The van der Waals surface area contributed by atoms with Crippen molar-refractivity contribution in [1.29, 1.82) is 0 Å². The molecule has 0 fully saturated rings. The number of phenolic OH excluding ortho intramolecular Hbond substituents is 2. The minimum Gasteiger partial charge on any atom is -0.504 e. The van der Waals surface area contributed by atoms with Crippen molar-refractivity contribution in [3.8, 4) is 11.5 Å². The summed E-state index contributed by atoms with van der Waals surface area (Å²) in [6.45, 7) is 0. The van der Waals surface area contributed by atoms with Crippen LogP contribution in [0.2, 0.25) is 0 Å². The summed E-state index contributed by atoms with van der Waals surface area (Å²) in [6, 6.07) is 3.84. The molecule has 4 nitrogen and oxygen atoms in total. The molecule has 4 heteroatoms. The monoisotopic (exact) mass is 181 g/mol. The second kappa shape index (κ2) is 3.91. The Morgan fingerprint density at radius 3 is 2.62 bits per heavy atom. The molecule has 1 aromatic carbocycles. The first-order valence-electron chi connectivity index (χ1n) is 3.86. The van der Waals surface area contributed by atoms with Crippen LogP contribution in [0.5, 0.6) is 11.5 Å². The molecule has 1 rings (SSSR count). The molecule has 0 bridgehead atoms. The van der Waals surface area contributed by atoms with Gasteiger partial charge in [0.25, 0.3) is 0 Å². The summed E-state index contributed by atoms with van der Waals surface area (Å²) in [5.74, 6) is -0.416. The van der Waals surface area contributed by atoms with Crippen LogP contribution in [0, 0.1) is 0 Å². The zero-order valence-electron chi connectivity index (χ0n) is 6.97. The predicted octanol–water partition coefficient (Wildman–Crippen LogP) is 0.687. The van der Waals surface area contributed by atoms with Crippen molar-refractivity contribution in [2.75, 3.05) is 0 Å². The maximum absolute atomic E-state index is 10.1. The first kappa shape index (κ1) is 9.54. The molecule has 0 spiro atoms. The van der Waals surface area contributed by atoms with Crippen molar-refractivity contribution < 1.29 is 15.0 Å². The molecule has 0 radical (unpaired) electrons. The second-order valence-corrected chi connectivity index (χ2v) is 2.76. The molecule has 0 aromatic heterocycles. The third-order valence-corrected chi connectivity index (χ3v) is 1.78. The molecule has 1 aromatic rings. The summed E-state index contributed by atoms with van der Waals surface area (Å²) in [5, 5.41) is 18.1. The standard InChI is InChI=1S/C9H11NO3/c10-7(3-4-11)6-1-2-8(12)9(13)5-6/h1-2,4-5,7,12-13H,3,10H2. The van der Waals surface area contributed by atoms with Crippen LogP contribution in [-0.2, 0) is 4.79 Å². The Hall–Kier alpha value is -1.55. The van der Waals surface area contributed by atoms with Crippen LogP contribution >= 0.6 is 0 Å². The van der Waals surface area contributed by atoms with E-state index in [4.69, 9.17) is 15.9 Å². The van der Waals surface area contributed by atoms with Crippen LogP contribution in [0.1, 0.15) is 18.0 Å². The lowest BCUT2D eigenvalue weighted by Gasteiger charge is -2.08. The molecule has 70 valence electrons. The number of carbonyl (C=O) groups excluding carboxylic acids is 1. The molecule has 13 heavy (non-hydrogen) atoms. The van der Waals surface area contributed by atoms with E-state index >= 15 is 0 Å². The minimum atomic E-state index is -0.427. The average molecular weight is 181 g/mol. The number of hydrogen-bond donors (Lipinski definition) is 3. The fourth-order valence-corrected chi connectivity index (χ4v) is 1.01. The summed E-state index contributed by atoms with van der Waals surface area (Å²) in [5.41, 5.74) is 6.23. The third-order valence-electron chi connectivity index (χ3n) is 1.78. The van der Waals surface area contributed by atoms with Gasteiger partial charge >= 0.3 is 0 Å².